The molecule has 0 aromatic carbocycles. The van der Waals surface area contributed by atoms with Gasteiger partial charge in [-0.1, -0.05) is 0 Å². The van der Waals surface area contributed by atoms with Crippen LogP contribution in [-0.4, -0.2) is 23.9 Å². The standard InChI is InChI=1S/C14H12N2O4/c1-15-5-3-9(13(17)18)7-11(15)12-8-10(14(19)20)4-6-16(12)2/h3-8H,1H2,2H3,(H-,17,18,19,20)/p-1/b12-11-. The van der Waals surface area contributed by atoms with Crippen molar-refractivity contribution in [3.8, 4) is 0 Å². The number of carboxylic acids is 2. The molecule has 0 amide bonds. The van der Waals surface area contributed by atoms with Crippen LogP contribution >= 0.6 is 0 Å². The number of pyridine rings is 1. The minimum absolute atomic E-state index is 0.00282. The summed E-state index contributed by atoms with van der Waals surface area (Å²) >= 11 is 0. The van der Waals surface area contributed by atoms with Gasteiger partial charge < -0.3 is 24.7 Å². The minimum atomic E-state index is -1.31. The van der Waals surface area contributed by atoms with Crippen molar-refractivity contribution < 1.29 is 24.0 Å². The SMILES string of the molecule is C=[n+]1ccc(C(=O)[O-])c/c1=C1\C=C(C(=O)[O-])C=CN1C. The number of carboxylic acid groups (broad SMARTS) is 2. The number of aromatic nitrogens is 1. The summed E-state index contributed by atoms with van der Waals surface area (Å²) in [7, 11) is 1.71. The van der Waals surface area contributed by atoms with Crippen LogP contribution in [-0.2, 0) is 4.79 Å². The largest absolute Gasteiger partial charge is 0.545 e. The molecule has 0 saturated heterocycles. The third-order valence-corrected chi connectivity index (χ3v) is 2.92. The van der Waals surface area contributed by atoms with E-state index in [1.165, 1.54) is 34.7 Å². The predicted octanol–water partition coefficient (Wildman–Crippen LogP) is -2.78. The lowest BCUT2D eigenvalue weighted by Crippen LogP contribution is -2.41. The van der Waals surface area contributed by atoms with E-state index in [1.54, 1.807) is 18.1 Å². The minimum Gasteiger partial charge on any atom is -0.545 e. The summed E-state index contributed by atoms with van der Waals surface area (Å²) < 4.78 is 1.45. The summed E-state index contributed by atoms with van der Waals surface area (Å²) in [4.78, 5) is 23.5. The highest BCUT2D eigenvalue weighted by Gasteiger charge is 2.13. The van der Waals surface area contributed by atoms with Gasteiger partial charge in [0.2, 0.25) is 5.35 Å². The summed E-state index contributed by atoms with van der Waals surface area (Å²) in [6, 6.07) is 2.73. The smallest absolute Gasteiger partial charge is 0.234 e. The zero-order valence-electron chi connectivity index (χ0n) is 10.7. The van der Waals surface area contributed by atoms with Crippen molar-refractivity contribution in [1.29, 1.82) is 0 Å². The third kappa shape index (κ3) is 2.44. The predicted molar refractivity (Wildman–Crippen MR) is 64.7 cm³/mol. The van der Waals surface area contributed by atoms with Crippen LogP contribution in [0.2, 0.25) is 0 Å². The Morgan fingerprint density at radius 2 is 2.00 bits per heavy atom. The molecule has 0 bridgehead atoms. The van der Waals surface area contributed by atoms with E-state index in [-0.39, 0.29) is 11.1 Å². The molecule has 0 unspecified atom stereocenters. The highest BCUT2D eigenvalue weighted by molar-refractivity contribution is 5.91. The lowest BCUT2D eigenvalue weighted by molar-refractivity contribution is -0.514. The molecular formula is C14H11N2O4-. The fourth-order valence-corrected chi connectivity index (χ4v) is 1.83. The molecule has 2 heterocycles. The van der Waals surface area contributed by atoms with Gasteiger partial charge in [0.1, 0.15) is 12.4 Å². The first-order chi connectivity index (χ1) is 9.40. The van der Waals surface area contributed by atoms with Crippen molar-refractivity contribution in [2.75, 3.05) is 7.05 Å². The van der Waals surface area contributed by atoms with Crippen LogP contribution in [0.5, 0.6) is 0 Å². The molecule has 102 valence electrons. The van der Waals surface area contributed by atoms with Crippen molar-refractivity contribution in [1.82, 2.24) is 4.90 Å². The highest BCUT2D eigenvalue weighted by atomic mass is 16.4. The summed E-state index contributed by atoms with van der Waals surface area (Å²) in [6.07, 6.45) is 5.80. The summed E-state index contributed by atoms with van der Waals surface area (Å²) in [5, 5.41) is 22.3. The topological polar surface area (TPSA) is 89.4 Å². The second-order valence-corrected chi connectivity index (χ2v) is 4.26. The molecule has 0 saturated carbocycles. The van der Waals surface area contributed by atoms with Crippen molar-refractivity contribution in [3.05, 3.63) is 59.9 Å². The number of carbonyl (C=O) groups excluding carboxylic acids is 2. The summed E-state index contributed by atoms with van der Waals surface area (Å²) in [6.45, 7) is 3.74. The van der Waals surface area contributed by atoms with Gasteiger partial charge in [-0.2, -0.15) is 4.24 Å². The molecule has 1 aliphatic rings. The first-order valence-corrected chi connectivity index (χ1v) is 5.69. The van der Waals surface area contributed by atoms with E-state index in [0.717, 1.165) is 0 Å². The van der Waals surface area contributed by atoms with Gasteiger partial charge in [-0.15, -0.1) is 0 Å². The molecule has 1 aromatic heterocycles. The monoisotopic (exact) mass is 271 g/mol. The van der Waals surface area contributed by atoms with E-state index in [9.17, 15) is 19.8 Å². The zero-order valence-corrected chi connectivity index (χ0v) is 10.7. The maximum absolute atomic E-state index is 10.9. The van der Waals surface area contributed by atoms with Gasteiger partial charge in [-0.3, -0.25) is 0 Å². The molecular weight excluding hydrogens is 260 g/mol. The molecule has 1 aromatic rings. The molecule has 0 atom stereocenters. The van der Waals surface area contributed by atoms with E-state index in [0.29, 0.717) is 11.0 Å². The first kappa shape index (κ1) is 13.5. The Bertz CT molecular complexity index is 762. The molecule has 0 fully saturated rings. The van der Waals surface area contributed by atoms with Gasteiger partial charge in [-0.05, 0) is 12.2 Å². The Morgan fingerprint density at radius 3 is 2.60 bits per heavy atom. The zero-order chi connectivity index (χ0) is 14.9. The first-order valence-electron chi connectivity index (χ1n) is 5.69. The summed E-state index contributed by atoms with van der Waals surface area (Å²) in [5.74, 6) is -2.62. The normalized spacial score (nSPS) is 16.9. The average molecular weight is 271 g/mol. The number of rotatable bonds is 2. The fraction of sp³-hybridized carbons (Fsp3) is 0.0714. The molecule has 0 spiro atoms. The summed E-state index contributed by atoms with van der Waals surface area (Å²) in [5.41, 5.74) is 0.473. The Labute approximate surface area is 114 Å². The molecule has 6 nitrogen and oxygen atoms in total. The van der Waals surface area contributed by atoms with Crippen LogP contribution < -0.4 is 19.8 Å². The Balaban J connectivity index is 2.76. The Morgan fingerprint density at radius 1 is 1.30 bits per heavy atom. The van der Waals surface area contributed by atoms with Crippen molar-refractivity contribution in [3.63, 3.8) is 0 Å². The van der Waals surface area contributed by atoms with Gasteiger partial charge in [0, 0.05) is 36.5 Å². The average Bonchev–Trinajstić information content (AvgIpc) is 2.39. The van der Waals surface area contributed by atoms with E-state index in [2.05, 4.69) is 6.72 Å². The van der Waals surface area contributed by atoms with Crippen LogP contribution in [0.25, 0.3) is 5.70 Å². The van der Waals surface area contributed by atoms with Crippen molar-refractivity contribution in [2.45, 2.75) is 0 Å². The number of nitrogens with zero attached hydrogens (tertiary/aromatic N) is 2. The van der Waals surface area contributed by atoms with Crippen LogP contribution in [0.3, 0.4) is 0 Å². The van der Waals surface area contributed by atoms with E-state index >= 15 is 0 Å². The number of likely N-dealkylation sites (N-methyl/N-ethyl adjacent to an activating group) is 1. The highest BCUT2D eigenvalue weighted by Crippen LogP contribution is 2.14. The lowest BCUT2D eigenvalue weighted by Gasteiger charge is -2.19. The van der Waals surface area contributed by atoms with Gasteiger partial charge in [0.15, 0.2) is 6.20 Å². The number of aliphatic carboxylic acids is 1. The van der Waals surface area contributed by atoms with Gasteiger partial charge in [-0.25, -0.2) is 0 Å². The van der Waals surface area contributed by atoms with Crippen molar-refractivity contribution in [2.24, 2.45) is 0 Å². The number of carbonyl (C=O) groups is 2. The van der Waals surface area contributed by atoms with Crippen LogP contribution in [0.15, 0.2) is 42.3 Å². The Kier molecular flexibility index (Phi) is 3.39. The van der Waals surface area contributed by atoms with Gasteiger partial charge >= 0.3 is 0 Å². The maximum Gasteiger partial charge on any atom is 0.234 e. The fourth-order valence-electron chi connectivity index (χ4n) is 1.83. The molecule has 2 rings (SSSR count). The second kappa shape index (κ2) is 5.00. The van der Waals surface area contributed by atoms with Crippen LogP contribution in [0, 0.1) is 6.72 Å². The quantitative estimate of drug-likeness (QED) is 0.543. The van der Waals surface area contributed by atoms with E-state index < -0.39 is 11.9 Å². The molecule has 0 radical (unpaired) electrons. The van der Waals surface area contributed by atoms with E-state index in [1.807, 2.05) is 0 Å². The van der Waals surface area contributed by atoms with Gasteiger partial charge in [0.25, 0.3) is 0 Å². The molecule has 1 aliphatic heterocycles. The third-order valence-electron chi connectivity index (χ3n) is 2.92. The number of aromatic carboxylic acids is 1. The lowest BCUT2D eigenvalue weighted by atomic mass is 10.1. The molecule has 0 aliphatic carbocycles. The maximum atomic E-state index is 10.9. The number of hydrogen-bond donors (Lipinski definition) is 0. The van der Waals surface area contributed by atoms with Crippen molar-refractivity contribution >= 4 is 17.6 Å². The van der Waals surface area contributed by atoms with E-state index in [4.69, 9.17) is 0 Å². The Hall–Kier alpha value is -2.89. The second-order valence-electron chi connectivity index (χ2n) is 4.26. The molecule has 0 N–H and O–H groups in total. The molecule has 6 heteroatoms. The number of hydrogen-bond acceptors (Lipinski definition) is 5. The van der Waals surface area contributed by atoms with Crippen LogP contribution in [0.4, 0.5) is 0 Å². The van der Waals surface area contributed by atoms with Gasteiger partial charge in [0.05, 0.1) is 11.9 Å². The van der Waals surface area contributed by atoms with Crippen LogP contribution in [0.1, 0.15) is 10.4 Å². The molecule has 20 heavy (non-hydrogen) atoms.